The van der Waals surface area contributed by atoms with E-state index in [1.165, 1.54) is 0 Å². The van der Waals surface area contributed by atoms with Crippen molar-refractivity contribution in [3.05, 3.63) is 77.9 Å². The van der Waals surface area contributed by atoms with Gasteiger partial charge in [-0.2, -0.15) is 0 Å². The second-order valence-corrected chi connectivity index (χ2v) is 5.96. The molecule has 3 nitrogen and oxygen atoms in total. The fraction of sp³-hybridized carbons (Fsp3) is 0.238. The zero-order valence-electron chi connectivity index (χ0n) is 13.7. The monoisotopic (exact) mass is 320 g/mol. The molecule has 2 aromatic carbocycles. The molecular weight excluding hydrogens is 300 g/mol. The summed E-state index contributed by atoms with van der Waals surface area (Å²) in [5.74, 6) is -0.713. The predicted octanol–water partition coefficient (Wildman–Crippen LogP) is 4.08. The molecule has 0 aliphatic heterocycles. The van der Waals surface area contributed by atoms with E-state index in [0.29, 0.717) is 24.0 Å². The smallest absolute Gasteiger partial charge is 0.324 e. The van der Waals surface area contributed by atoms with Crippen LogP contribution in [-0.4, -0.2) is 18.4 Å². The van der Waals surface area contributed by atoms with Crippen LogP contribution >= 0.6 is 0 Å². The molecule has 0 aromatic heterocycles. The van der Waals surface area contributed by atoms with Crippen LogP contribution in [0.25, 0.3) is 5.57 Å². The van der Waals surface area contributed by atoms with Gasteiger partial charge < -0.3 is 4.74 Å². The summed E-state index contributed by atoms with van der Waals surface area (Å²) >= 11 is 0. The zero-order valence-corrected chi connectivity index (χ0v) is 13.7. The van der Waals surface area contributed by atoms with E-state index in [-0.39, 0.29) is 12.4 Å². The summed E-state index contributed by atoms with van der Waals surface area (Å²) in [6.07, 6.45) is 1.03. The molecule has 0 bridgehead atoms. The first-order chi connectivity index (χ1) is 11.6. The van der Waals surface area contributed by atoms with Crippen LogP contribution in [0.2, 0.25) is 0 Å². The van der Waals surface area contributed by atoms with E-state index in [0.717, 1.165) is 11.1 Å². The van der Waals surface area contributed by atoms with Gasteiger partial charge in [-0.25, -0.2) is 0 Å². The van der Waals surface area contributed by atoms with Gasteiger partial charge in [0.1, 0.15) is 0 Å². The molecule has 1 aliphatic rings. The van der Waals surface area contributed by atoms with Crippen molar-refractivity contribution in [3.8, 4) is 0 Å². The number of ether oxygens (including phenoxy) is 1. The van der Waals surface area contributed by atoms with Gasteiger partial charge in [0.15, 0.2) is 11.2 Å². The molecule has 0 heterocycles. The fourth-order valence-corrected chi connectivity index (χ4v) is 3.37. The lowest BCUT2D eigenvalue weighted by molar-refractivity contribution is -0.149. The summed E-state index contributed by atoms with van der Waals surface area (Å²) in [5.41, 5.74) is 1.53. The molecule has 0 saturated heterocycles. The van der Waals surface area contributed by atoms with Crippen LogP contribution in [0.1, 0.15) is 34.8 Å². The van der Waals surface area contributed by atoms with E-state index in [9.17, 15) is 9.59 Å². The standard InChI is InChI=1S/C21H20O3/c1-3-24-20(23)21(15(2)16-9-5-4-6-10-16)14-13-17-11-7-8-12-18(17)19(21)22/h4-12H,2-3,13-14H2,1H3. The van der Waals surface area contributed by atoms with Crippen LogP contribution in [-0.2, 0) is 16.0 Å². The Morgan fingerprint density at radius 1 is 1.12 bits per heavy atom. The van der Waals surface area contributed by atoms with Gasteiger partial charge in [-0.15, -0.1) is 0 Å². The molecule has 0 spiro atoms. The molecule has 1 unspecified atom stereocenters. The van der Waals surface area contributed by atoms with Gasteiger partial charge in [-0.05, 0) is 36.5 Å². The lowest BCUT2D eigenvalue weighted by atomic mass is 9.65. The predicted molar refractivity (Wildman–Crippen MR) is 93.6 cm³/mol. The van der Waals surface area contributed by atoms with Crippen LogP contribution in [0.5, 0.6) is 0 Å². The maximum atomic E-state index is 13.3. The molecule has 0 saturated carbocycles. The third-order valence-corrected chi connectivity index (χ3v) is 4.68. The number of ketones is 1. The number of hydrogen-bond acceptors (Lipinski definition) is 3. The third-order valence-electron chi connectivity index (χ3n) is 4.68. The lowest BCUT2D eigenvalue weighted by Crippen LogP contribution is -2.44. The minimum atomic E-state index is -1.34. The number of rotatable bonds is 4. The molecule has 3 heteroatoms. The first-order valence-electron chi connectivity index (χ1n) is 8.16. The first kappa shape index (κ1) is 16.2. The average molecular weight is 320 g/mol. The Bertz CT molecular complexity index is 792. The largest absolute Gasteiger partial charge is 0.465 e. The molecular formula is C21H20O3. The maximum absolute atomic E-state index is 13.3. The average Bonchev–Trinajstić information content (AvgIpc) is 2.63. The van der Waals surface area contributed by atoms with Gasteiger partial charge in [-0.1, -0.05) is 61.2 Å². The van der Waals surface area contributed by atoms with E-state index >= 15 is 0 Å². The fourth-order valence-electron chi connectivity index (χ4n) is 3.37. The van der Waals surface area contributed by atoms with Crippen molar-refractivity contribution < 1.29 is 14.3 Å². The van der Waals surface area contributed by atoms with Crippen LogP contribution in [0, 0.1) is 5.41 Å². The number of carbonyl (C=O) groups excluding carboxylic acids is 2. The molecule has 122 valence electrons. The van der Waals surface area contributed by atoms with Crippen molar-refractivity contribution in [2.24, 2.45) is 5.41 Å². The maximum Gasteiger partial charge on any atom is 0.324 e. The van der Waals surface area contributed by atoms with Crippen LogP contribution in [0.15, 0.2) is 61.2 Å². The highest BCUT2D eigenvalue weighted by molar-refractivity contribution is 6.21. The van der Waals surface area contributed by atoms with Gasteiger partial charge in [0, 0.05) is 5.56 Å². The normalized spacial score (nSPS) is 19.5. The highest BCUT2D eigenvalue weighted by Gasteiger charge is 2.52. The number of esters is 1. The Morgan fingerprint density at radius 2 is 1.79 bits per heavy atom. The van der Waals surface area contributed by atoms with Crippen LogP contribution in [0.4, 0.5) is 0 Å². The van der Waals surface area contributed by atoms with E-state index in [1.54, 1.807) is 13.0 Å². The molecule has 24 heavy (non-hydrogen) atoms. The topological polar surface area (TPSA) is 43.4 Å². The van der Waals surface area contributed by atoms with E-state index in [4.69, 9.17) is 4.74 Å². The number of fused-ring (bicyclic) bond motifs is 1. The van der Waals surface area contributed by atoms with E-state index < -0.39 is 11.4 Å². The van der Waals surface area contributed by atoms with Crippen molar-refractivity contribution >= 4 is 17.3 Å². The minimum Gasteiger partial charge on any atom is -0.465 e. The van der Waals surface area contributed by atoms with Crippen molar-refractivity contribution in [3.63, 3.8) is 0 Å². The molecule has 1 atom stereocenters. The summed E-state index contributed by atoms with van der Waals surface area (Å²) in [6, 6.07) is 16.8. The molecule has 1 aliphatic carbocycles. The highest BCUT2D eigenvalue weighted by Crippen LogP contribution is 2.45. The number of Topliss-reactive ketones (excluding diaryl/α,β-unsaturated/α-hetero) is 1. The summed E-state index contributed by atoms with van der Waals surface area (Å²) in [5, 5.41) is 0. The Morgan fingerprint density at radius 3 is 2.50 bits per heavy atom. The van der Waals surface area contributed by atoms with Gasteiger partial charge in [0.25, 0.3) is 0 Å². The highest BCUT2D eigenvalue weighted by atomic mass is 16.5. The Balaban J connectivity index is 2.13. The summed E-state index contributed by atoms with van der Waals surface area (Å²) in [6.45, 7) is 6.11. The summed E-state index contributed by atoms with van der Waals surface area (Å²) in [4.78, 5) is 26.2. The SMILES string of the molecule is C=C(c1ccccc1)C1(C(=O)OCC)CCc2ccccc2C1=O. The van der Waals surface area contributed by atoms with Crippen molar-refractivity contribution in [2.75, 3.05) is 6.61 Å². The van der Waals surface area contributed by atoms with Gasteiger partial charge in [-0.3, -0.25) is 9.59 Å². The first-order valence-corrected chi connectivity index (χ1v) is 8.16. The zero-order chi connectivity index (χ0) is 17.2. The van der Waals surface area contributed by atoms with Gasteiger partial charge in [0.2, 0.25) is 0 Å². The molecule has 0 N–H and O–H groups in total. The van der Waals surface area contributed by atoms with Gasteiger partial charge in [0.05, 0.1) is 6.61 Å². The second-order valence-electron chi connectivity index (χ2n) is 5.96. The lowest BCUT2D eigenvalue weighted by Gasteiger charge is -2.36. The molecule has 0 amide bonds. The van der Waals surface area contributed by atoms with Crippen molar-refractivity contribution in [1.29, 1.82) is 0 Å². The van der Waals surface area contributed by atoms with E-state index in [2.05, 4.69) is 6.58 Å². The third kappa shape index (κ3) is 2.46. The Hall–Kier alpha value is -2.68. The number of carbonyl (C=O) groups is 2. The Kier molecular flexibility index (Phi) is 4.34. The van der Waals surface area contributed by atoms with Crippen molar-refractivity contribution in [1.82, 2.24) is 0 Å². The van der Waals surface area contributed by atoms with Crippen LogP contribution < -0.4 is 0 Å². The summed E-state index contributed by atoms with van der Waals surface area (Å²) < 4.78 is 5.29. The Labute approximate surface area is 142 Å². The number of hydrogen-bond donors (Lipinski definition) is 0. The van der Waals surface area contributed by atoms with Crippen molar-refractivity contribution in [2.45, 2.75) is 19.8 Å². The molecule has 2 aromatic rings. The summed E-state index contributed by atoms with van der Waals surface area (Å²) in [7, 11) is 0. The van der Waals surface area contributed by atoms with Gasteiger partial charge >= 0.3 is 5.97 Å². The quantitative estimate of drug-likeness (QED) is 0.630. The molecule has 0 fully saturated rings. The van der Waals surface area contributed by atoms with E-state index in [1.807, 2.05) is 48.5 Å². The molecule has 3 rings (SSSR count). The number of aryl methyl sites for hydroxylation is 1. The molecule has 0 radical (unpaired) electrons. The minimum absolute atomic E-state index is 0.211. The number of benzene rings is 2. The van der Waals surface area contributed by atoms with Crippen LogP contribution in [0.3, 0.4) is 0 Å². The second kappa shape index (κ2) is 6.44.